The molecule has 0 radical (unpaired) electrons. The Hall–Kier alpha value is -1.56. The van der Waals surface area contributed by atoms with Crippen molar-refractivity contribution in [2.45, 2.75) is 15.3 Å². The number of alkyl halides is 3. The summed E-state index contributed by atoms with van der Waals surface area (Å²) in [6.45, 7) is 0. The Kier molecular flexibility index (Phi) is 5.28. The van der Waals surface area contributed by atoms with Crippen LogP contribution in [0.25, 0.3) is 0 Å². The highest BCUT2D eigenvalue weighted by atomic mass is 32.3. The van der Waals surface area contributed by atoms with Gasteiger partial charge in [0.1, 0.15) is 0 Å². The fourth-order valence-electron chi connectivity index (χ4n) is 1.67. The minimum atomic E-state index is -5.12. The van der Waals surface area contributed by atoms with Gasteiger partial charge in [-0.1, -0.05) is 36.4 Å². The van der Waals surface area contributed by atoms with E-state index >= 15 is 0 Å². The van der Waals surface area contributed by atoms with Gasteiger partial charge in [0.2, 0.25) is 0 Å². The molecule has 0 bridgehead atoms. The summed E-state index contributed by atoms with van der Waals surface area (Å²) in [5.74, 6) is 0. The Balaban J connectivity index is 2.63. The van der Waals surface area contributed by atoms with Gasteiger partial charge in [-0.2, -0.15) is 13.2 Å². The number of benzene rings is 2. The molecule has 2 rings (SSSR count). The Morgan fingerprint density at radius 2 is 1.04 bits per heavy atom. The summed E-state index contributed by atoms with van der Waals surface area (Å²) in [5, 5.41) is 0. The van der Waals surface area contributed by atoms with E-state index in [4.69, 9.17) is 0 Å². The summed E-state index contributed by atoms with van der Waals surface area (Å²) in [6.07, 6.45) is 0. The van der Waals surface area contributed by atoms with E-state index in [2.05, 4.69) is 0 Å². The van der Waals surface area contributed by atoms with Crippen molar-refractivity contribution in [1.29, 1.82) is 0 Å². The monoisotopic (exact) mass is 397 g/mol. The lowest BCUT2D eigenvalue weighted by Crippen LogP contribution is -2.34. The van der Waals surface area contributed by atoms with Gasteiger partial charge in [-0.15, -0.1) is 0 Å². The van der Waals surface area contributed by atoms with E-state index in [-0.39, 0.29) is 0 Å². The molecule has 0 atom stereocenters. The van der Waals surface area contributed by atoms with Crippen LogP contribution in [0.15, 0.2) is 70.5 Å². The lowest BCUT2D eigenvalue weighted by Gasteiger charge is -2.21. The van der Waals surface area contributed by atoms with Crippen molar-refractivity contribution in [3.05, 3.63) is 60.7 Å². The molecular formula is C13H10F3NO4S3. The van der Waals surface area contributed by atoms with Crippen LogP contribution in [0.3, 0.4) is 0 Å². The molecule has 24 heavy (non-hydrogen) atoms. The van der Waals surface area contributed by atoms with Crippen molar-refractivity contribution < 1.29 is 30.0 Å². The lowest BCUT2D eigenvalue weighted by atomic mass is 10.4. The average molecular weight is 397 g/mol. The minimum absolute atomic E-state index is 0.568. The van der Waals surface area contributed by atoms with Gasteiger partial charge < -0.3 is 0 Å². The van der Waals surface area contributed by atoms with E-state index in [0.29, 0.717) is 0 Å². The molecule has 11 heteroatoms. The number of halogens is 3. The number of hydrogen-bond acceptors (Lipinski definition) is 5. The van der Waals surface area contributed by atoms with Gasteiger partial charge in [0.15, 0.2) is 0 Å². The number of rotatable bonds is 5. The highest BCUT2D eigenvalue weighted by molar-refractivity contribution is 8.20. The van der Waals surface area contributed by atoms with Gasteiger partial charge in [-0.25, -0.2) is 16.8 Å². The second-order valence-corrected chi connectivity index (χ2v) is 9.61. The zero-order chi connectivity index (χ0) is 18.0. The zero-order valence-electron chi connectivity index (χ0n) is 11.7. The molecule has 0 aliphatic heterocycles. The van der Waals surface area contributed by atoms with Crippen LogP contribution in [-0.2, 0) is 20.0 Å². The van der Waals surface area contributed by atoms with Crippen LogP contribution in [0, 0.1) is 0 Å². The summed E-state index contributed by atoms with van der Waals surface area (Å²) in [6, 6.07) is 12.1. The lowest BCUT2D eigenvalue weighted by molar-refractivity contribution is -0.0342. The molecule has 0 spiro atoms. The predicted octanol–water partition coefficient (Wildman–Crippen LogP) is 3.23. The smallest absolute Gasteiger partial charge is 0.205 e. The predicted molar refractivity (Wildman–Crippen MR) is 82.7 cm³/mol. The molecule has 0 fully saturated rings. The molecule has 5 nitrogen and oxygen atoms in total. The fraction of sp³-hybridized carbons (Fsp3) is 0.0769. The normalized spacial score (nSPS) is 13.2. The average Bonchev–Trinajstić information content (AvgIpc) is 2.53. The third kappa shape index (κ3) is 4.09. The van der Waals surface area contributed by atoms with Crippen molar-refractivity contribution in [2.24, 2.45) is 0 Å². The number of nitrogens with zero attached hydrogens (tertiary/aromatic N) is 1. The highest BCUT2D eigenvalue weighted by Gasteiger charge is 2.46. The van der Waals surface area contributed by atoms with Crippen LogP contribution in [-0.4, -0.2) is 25.5 Å². The Labute approximate surface area is 141 Å². The largest absolute Gasteiger partial charge is 0.458 e. The van der Waals surface area contributed by atoms with Crippen molar-refractivity contribution >= 4 is 32.0 Å². The Morgan fingerprint density at radius 3 is 1.33 bits per heavy atom. The van der Waals surface area contributed by atoms with Crippen LogP contribution in [0.2, 0.25) is 0 Å². The summed E-state index contributed by atoms with van der Waals surface area (Å²) in [7, 11) is -9.90. The van der Waals surface area contributed by atoms with Gasteiger partial charge in [-0.3, -0.25) is 0 Å². The molecule has 0 saturated carbocycles. The molecular weight excluding hydrogens is 387 g/mol. The minimum Gasteiger partial charge on any atom is -0.205 e. The van der Waals surface area contributed by atoms with Crippen LogP contribution in [0.5, 0.6) is 0 Å². The standard InChI is InChI=1S/C13H10F3NO4S3/c14-13(15,16)22-17(23(18,19)11-7-3-1-4-8-11)24(20,21)12-9-5-2-6-10-12/h1-10H. The molecule has 2 aromatic carbocycles. The Bertz CT molecular complexity index is 829. The summed E-state index contributed by atoms with van der Waals surface area (Å²) in [5.41, 5.74) is -5.12. The first-order valence-corrected chi connectivity index (χ1v) is 9.87. The SMILES string of the molecule is O=S(=O)(c1ccccc1)N(SC(F)(F)F)S(=O)(=O)c1ccccc1. The first-order valence-electron chi connectivity index (χ1n) is 6.22. The van der Waals surface area contributed by atoms with E-state index in [1.807, 2.05) is 0 Å². The van der Waals surface area contributed by atoms with Gasteiger partial charge in [0.25, 0.3) is 20.0 Å². The molecule has 0 aliphatic carbocycles. The molecule has 0 unspecified atom stereocenters. The molecule has 130 valence electrons. The fourth-order valence-corrected chi connectivity index (χ4v) is 6.54. The Morgan fingerprint density at radius 1 is 0.708 bits per heavy atom. The molecule has 0 heterocycles. The second-order valence-electron chi connectivity index (χ2n) is 4.34. The first kappa shape index (κ1) is 18.8. The van der Waals surface area contributed by atoms with E-state index in [1.165, 1.54) is 36.4 Å². The maximum Gasteiger partial charge on any atom is 0.458 e. The molecule has 0 saturated heterocycles. The maximum absolute atomic E-state index is 12.8. The molecule has 0 aromatic heterocycles. The van der Waals surface area contributed by atoms with Crippen LogP contribution in [0.4, 0.5) is 13.2 Å². The third-order valence-electron chi connectivity index (χ3n) is 2.65. The summed E-state index contributed by atoms with van der Waals surface area (Å²) in [4.78, 5) is -1.14. The zero-order valence-corrected chi connectivity index (χ0v) is 14.2. The summed E-state index contributed by atoms with van der Waals surface area (Å²) < 4.78 is 87.6. The molecule has 0 aliphatic rings. The van der Waals surface area contributed by atoms with Gasteiger partial charge in [0, 0.05) is 0 Å². The second kappa shape index (κ2) is 6.75. The van der Waals surface area contributed by atoms with Gasteiger partial charge in [-0.05, 0) is 27.4 Å². The van der Waals surface area contributed by atoms with Gasteiger partial charge >= 0.3 is 5.51 Å². The van der Waals surface area contributed by atoms with Crippen molar-refractivity contribution in [3.63, 3.8) is 0 Å². The van der Waals surface area contributed by atoms with Crippen molar-refractivity contribution in [3.8, 4) is 0 Å². The van der Waals surface area contributed by atoms with E-state index in [0.717, 1.165) is 24.3 Å². The van der Waals surface area contributed by atoms with Crippen LogP contribution in [0.1, 0.15) is 0 Å². The first-order chi connectivity index (χ1) is 11.0. The third-order valence-corrected chi connectivity index (χ3v) is 8.33. The van der Waals surface area contributed by atoms with Crippen LogP contribution >= 0.6 is 11.9 Å². The number of hydrogen-bond donors (Lipinski definition) is 0. The summed E-state index contributed by atoms with van der Waals surface area (Å²) >= 11 is -1.24. The maximum atomic E-state index is 12.8. The van der Waals surface area contributed by atoms with Crippen molar-refractivity contribution in [2.75, 3.05) is 0 Å². The molecule has 0 N–H and O–H groups in total. The number of sulfonamides is 2. The van der Waals surface area contributed by atoms with E-state index in [1.54, 1.807) is 0 Å². The molecule has 0 amide bonds. The van der Waals surface area contributed by atoms with E-state index < -0.39 is 50.4 Å². The highest BCUT2D eigenvalue weighted by Crippen LogP contribution is 2.40. The van der Waals surface area contributed by atoms with E-state index in [9.17, 15) is 30.0 Å². The quantitative estimate of drug-likeness (QED) is 0.725. The molecule has 2 aromatic rings. The van der Waals surface area contributed by atoms with Gasteiger partial charge in [0.05, 0.1) is 21.7 Å². The van der Waals surface area contributed by atoms with Crippen LogP contribution < -0.4 is 0 Å². The van der Waals surface area contributed by atoms with Crippen molar-refractivity contribution in [1.82, 2.24) is 3.12 Å². The topological polar surface area (TPSA) is 71.5 Å².